The molecule has 2 N–H and O–H groups in total. The molecule has 0 bridgehead atoms. The van der Waals surface area contributed by atoms with Gasteiger partial charge in [-0.3, -0.25) is 0 Å². The lowest BCUT2D eigenvalue weighted by molar-refractivity contribution is -0.115. The van der Waals surface area contributed by atoms with Crippen molar-refractivity contribution in [3.8, 4) is 0 Å². The van der Waals surface area contributed by atoms with E-state index in [2.05, 4.69) is 5.32 Å². The third-order valence-corrected chi connectivity index (χ3v) is 5.34. The van der Waals surface area contributed by atoms with Gasteiger partial charge in [-0.05, 0) is 72.8 Å². The summed E-state index contributed by atoms with van der Waals surface area (Å²) in [5, 5.41) is 13.0. The monoisotopic (exact) mass is 421 g/mol. The zero-order chi connectivity index (χ0) is 22.7. The van der Waals surface area contributed by atoms with Crippen LogP contribution in [0, 0.1) is 0 Å². The lowest BCUT2D eigenvalue weighted by atomic mass is 9.78. The van der Waals surface area contributed by atoms with Crippen molar-refractivity contribution in [3.63, 3.8) is 0 Å². The Hall–Kier alpha value is -1.61. The van der Waals surface area contributed by atoms with E-state index >= 15 is 0 Å². The highest BCUT2D eigenvalue weighted by molar-refractivity contribution is 6.62. The molecule has 7 nitrogen and oxygen atoms in total. The maximum Gasteiger partial charge on any atom is 0.494 e. The fourth-order valence-corrected chi connectivity index (χ4v) is 3.01. The van der Waals surface area contributed by atoms with E-state index in [4.69, 9.17) is 18.8 Å². The molecule has 0 aromatic heterocycles. The molecular weight excluding hydrogens is 385 g/mol. The molecule has 30 heavy (non-hydrogen) atoms. The van der Waals surface area contributed by atoms with Crippen molar-refractivity contribution in [1.29, 1.82) is 0 Å². The van der Waals surface area contributed by atoms with E-state index in [1.165, 1.54) is 0 Å². The van der Waals surface area contributed by atoms with Crippen LogP contribution in [0.1, 0.15) is 61.0 Å². The van der Waals surface area contributed by atoms with Crippen LogP contribution in [-0.2, 0) is 25.2 Å². The highest BCUT2D eigenvalue weighted by atomic mass is 16.7. The summed E-state index contributed by atoms with van der Waals surface area (Å²) in [7, 11) is -0.436. The van der Waals surface area contributed by atoms with Gasteiger partial charge in [0, 0.05) is 6.61 Å². The maximum absolute atomic E-state index is 12.2. The van der Waals surface area contributed by atoms with E-state index in [-0.39, 0.29) is 0 Å². The summed E-state index contributed by atoms with van der Waals surface area (Å²) in [5.74, 6) is 0. The van der Waals surface area contributed by atoms with E-state index in [0.29, 0.717) is 13.0 Å². The van der Waals surface area contributed by atoms with Crippen molar-refractivity contribution < 1.29 is 28.7 Å². The number of amides is 1. The van der Waals surface area contributed by atoms with E-state index in [1.54, 1.807) is 27.7 Å². The minimum absolute atomic E-state index is 0.328. The first-order valence-electron chi connectivity index (χ1n) is 10.5. The number of nitrogens with one attached hydrogen (secondary N) is 1. The maximum atomic E-state index is 12.2. The number of aliphatic hydroxyl groups is 1. The Morgan fingerprint density at radius 3 is 2.13 bits per heavy atom. The van der Waals surface area contributed by atoms with Gasteiger partial charge < -0.3 is 29.2 Å². The number of rotatable bonds is 7. The molecule has 0 saturated carbocycles. The minimum Gasteiger partial charge on any atom is -0.444 e. The van der Waals surface area contributed by atoms with E-state index in [1.807, 2.05) is 52.0 Å². The van der Waals surface area contributed by atoms with Crippen LogP contribution >= 0.6 is 0 Å². The van der Waals surface area contributed by atoms with Gasteiger partial charge >= 0.3 is 13.2 Å². The highest BCUT2D eigenvalue weighted by Crippen LogP contribution is 2.36. The summed E-state index contributed by atoms with van der Waals surface area (Å²) in [4.78, 5) is 12.2. The standard InChI is InChI=1S/C22H36BNO6/c1-9-27-18(25)17(24-19(26)28-20(2,3)4)14-15-10-12-16(13-11-15)23-29-21(5,6)22(7,8)30-23/h10-13,17-18,25H,9,14H2,1-8H3,(H,24,26)/t17-,18?/m0/s1. The average Bonchev–Trinajstić information content (AvgIpc) is 2.81. The van der Waals surface area contributed by atoms with Crippen LogP contribution in [0.25, 0.3) is 0 Å². The molecule has 0 radical (unpaired) electrons. The Bertz CT molecular complexity index is 697. The molecule has 0 spiro atoms. The second kappa shape index (κ2) is 9.26. The lowest BCUT2D eigenvalue weighted by Crippen LogP contribution is -2.47. The van der Waals surface area contributed by atoms with Crippen LogP contribution in [0.2, 0.25) is 0 Å². The fraction of sp³-hybridized carbons (Fsp3) is 0.682. The lowest BCUT2D eigenvalue weighted by Gasteiger charge is -2.32. The van der Waals surface area contributed by atoms with Crippen LogP contribution < -0.4 is 10.8 Å². The number of benzene rings is 1. The molecule has 8 heteroatoms. The zero-order valence-electron chi connectivity index (χ0n) is 19.4. The first-order valence-corrected chi connectivity index (χ1v) is 10.5. The van der Waals surface area contributed by atoms with Gasteiger partial charge in [0.25, 0.3) is 0 Å². The van der Waals surface area contributed by atoms with Gasteiger partial charge in [0.2, 0.25) is 0 Å². The number of hydrogen-bond donors (Lipinski definition) is 2. The molecule has 1 amide bonds. The minimum atomic E-state index is -1.15. The molecule has 1 saturated heterocycles. The summed E-state index contributed by atoms with van der Waals surface area (Å²) >= 11 is 0. The predicted molar refractivity (Wildman–Crippen MR) is 117 cm³/mol. The highest BCUT2D eigenvalue weighted by Gasteiger charge is 2.51. The molecular formula is C22H36BNO6. The molecule has 1 aliphatic heterocycles. The van der Waals surface area contributed by atoms with Crippen molar-refractivity contribution in [2.45, 2.75) is 90.9 Å². The Kier molecular flexibility index (Phi) is 7.61. The number of carbonyl (C=O) groups is 1. The topological polar surface area (TPSA) is 86.3 Å². The second-order valence-electron chi connectivity index (χ2n) is 9.63. The molecule has 0 aliphatic carbocycles. The van der Waals surface area contributed by atoms with E-state index in [0.717, 1.165) is 11.0 Å². The third kappa shape index (κ3) is 6.44. The first-order chi connectivity index (χ1) is 13.7. The Morgan fingerprint density at radius 2 is 1.67 bits per heavy atom. The average molecular weight is 421 g/mol. The van der Waals surface area contributed by atoms with Crippen molar-refractivity contribution >= 4 is 18.7 Å². The van der Waals surface area contributed by atoms with Crippen molar-refractivity contribution in [2.75, 3.05) is 6.61 Å². The van der Waals surface area contributed by atoms with Crippen molar-refractivity contribution in [1.82, 2.24) is 5.32 Å². The van der Waals surface area contributed by atoms with Crippen molar-refractivity contribution in [3.05, 3.63) is 29.8 Å². The molecule has 1 aromatic carbocycles. The summed E-state index contributed by atoms with van der Waals surface area (Å²) in [6.45, 7) is 15.5. The van der Waals surface area contributed by atoms with Crippen molar-refractivity contribution in [2.24, 2.45) is 0 Å². The van der Waals surface area contributed by atoms with Crippen LogP contribution in [-0.4, -0.2) is 54.1 Å². The quantitative estimate of drug-likeness (QED) is 0.520. The van der Waals surface area contributed by atoms with Gasteiger partial charge in [0.15, 0.2) is 6.29 Å². The largest absolute Gasteiger partial charge is 0.494 e. The van der Waals surface area contributed by atoms with Crippen LogP contribution in [0.3, 0.4) is 0 Å². The molecule has 2 atom stereocenters. The van der Waals surface area contributed by atoms with Gasteiger partial charge in [-0.25, -0.2) is 4.79 Å². The van der Waals surface area contributed by atoms with Gasteiger partial charge in [-0.15, -0.1) is 0 Å². The Labute approximate surface area is 180 Å². The number of ether oxygens (including phenoxy) is 2. The van der Waals surface area contributed by atoms with Crippen LogP contribution in [0.4, 0.5) is 4.79 Å². The van der Waals surface area contributed by atoms with E-state index in [9.17, 15) is 9.90 Å². The Balaban J connectivity index is 2.08. The first kappa shape index (κ1) is 24.7. The number of hydrogen-bond acceptors (Lipinski definition) is 6. The third-order valence-electron chi connectivity index (χ3n) is 5.34. The van der Waals surface area contributed by atoms with E-state index < -0.39 is 42.3 Å². The predicted octanol–water partition coefficient (Wildman–Crippen LogP) is 2.78. The Morgan fingerprint density at radius 1 is 1.13 bits per heavy atom. The fourth-order valence-electron chi connectivity index (χ4n) is 3.01. The number of alkyl carbamates (subject to hydrolysis) is 1. The molecule has 1 heterocycles. The number of carbonyl (C=O) groups excluding carboxylic acids is 1. The number of aliphatic hydroxyl groups excluding tert-OH is 1. The molecule has 1 fully saturated rings. The van der Waals surface area contributed by atoms with Gasteiger partial charge in [0.05, 0.1) is 17.2 Å². The SMILES string of the molecule is CCOC(O)[C@H](Cc1ccc(B2OC(C)(C)C(C)(C)O2)cc1)NC(=O)OC(C)(C)C. The summed E-state index contributed by atoms with van der Waals surface area (Å²) < 4.78 is 22.8. The smallest absolute Gasteiger partial charge is 0.444 e. The van der Waals surface area contributed by atoms with Gasteiger partial charge in [0.1, 0.15) is 5.60 Å². The summed E-state index contributed by atoms with van der Waals surface area (Å²) in [5.41, 5.74) is 0.408. The molecule has 1 aromatic rings. The summed E-state index contributed by atoms with van der Waals surface area (Å²) in [6.07, 6.45) is -1.37. The van der Waals surface area contributed by atoms with Gasteiger partial charge in [-0.1, -0.05) is 24.3 Å². The van der Waals surface area contributed by atoms with Crippen LogP contribution in [0.15, 0.2) is 24.3 Å². The van der Waals surface area contributed by atoms with Crippen LogP contribution in [0.5, 0.6) is 0 Å². The normalized spacial score (nSPS) is 20.0. The second-order valence-corrected chi connectivity index (χ2v) is 9.63. The van der Waals surface area contributed by atoms with Gasteiger partial charge in [-0.2, -0.15) is 0 Å². The molecule has 1 unspecified atom stereocenters. The summed E-state index contributed by atoms with van der Waals surface area (Å²) in [6, 6.07) is 7.10. The molecule has 2 rings (SSSR count). The zero-order valence-corrected chi connectivity index (χ0v) is 19.4. The molecule has 1 aliphatic rings. The molecule has 168 valence electrons.